The van der Waals surface area contributed by atoms with Gasteiger partial charge < -0.3 is 19.3 Å². The van der Waals surface area contributed by atoms with E-state index in [4.69, 9.17) is 47.6 Å². The number of piperazine rings is 1. The van der Waals surface area contributed by atoms with Gasteiger partial charge in [-0.2, -0.15) is 4.98 Å². The highest BCUT2D eigenvalue weighted by molar-refractivity contribution is 6.30. The summed E-state index contributed by atoms with van der Waals surface area (Å²) in [5, 5.41) is 1.20. The minimum absolute atomic E-state index is 0.0906. The first-order valence-electron chi connectivity index (χ1n) is 16.8. The zero-order valence-corrected chi connectivity index (χ0v) is 30.0. The van der Waals surface area contributed by atoms with Gasteiger partial charge in [-0.25, -0.2) is 9.78 Å². The quantitative estimate of drug-likeness (QED) is 0.314. The Labute approximate surface area is 297 Å². The number of aliphatic imine (C=N–C) groups is 1. The zero-order chi connectivity index (χ0) is 34.7. The Kier molecular flexibility index (Phi) is 10.7. The Hall–Kier alpha value is -3.77. The third-order valence-electron chi connectivity index (χ3n) is 9.01. The molecule has 0 N–H and O–H groups in total. The van der Waals surface area contributed by atoms with E-state index in [2.05, 4.69) is 4.90 Å². The lowest BCUT2D eigenvalue weighted by atomic mass is 9.93. The SMILES string of the molecule is CCOc1nc(C(C)(C)C)ncc1C1=N[C@@H](c2ccc(Cl)cc2)[C@@H](c2ccc(Cl)cc2)N1C(=O)N1CCN(CC(=O)N2CCOCC2)CC1. The van der Waals surface area contributed by atoms with Crippen LogP contribution in [-0.2, 0) is 14.9 Å². The van der Waals surface area contributed by atoms with Gasteiger partial charge in [-0.05, 0) is 42.3 Å². The van der Waals surface area contributed by atoms with Crippen LogP contribution in [0.25, 0.3) is 0 Å². The van der Waals surface area contributed by atoms with E-state index in [0.29, 0.717) is 98.8 Å². The van der Waals surface area contributed by atoms with Gasteiger partial charge in [-0.1, -0.05) is 68.2 Å². The molecule has 13 heteroatoms. The highest BCUT2D eigenvalue weighted by atomic mass is 35.5. The number of nitrogens with zero attached hydrogens (tertiary/aromatic N) is 7. The fourth-order valence-electron chi connectivity index (χ4n) is 6.34. The van der Waals surface area contributed by atoms with Crippen LogP contribution in [0.4, 0.5) is 4.79 Å². The van der Waals surface area contributed by atoms with Crippen LogP contribution in [-0.4, -0.2) is 113 Å². The summed E-state index contributed by atoms with van der Waals surface area (Å²) in [7, 11) is 0. The second kappa shape index (κ2) is 15.0. The van der Waals surface area contributed by atoms with Gasteiger partial charge >= 0.3 is 6.03 Å². The molecule has 3 aliphatic heterocycles. The van der Waals surface area contributed by atoms with Crippen molar-refractivity contribution in [2.75, 3.05) is 65.6 Å². The first-order chi connectivity index (χ1) is 23.5. The average Bonchev–Trinajstić information content (AvgIpc) is 3.49. The molecule has 2 saturated heterocycles. The van der Waals surface area contributed by atoms with E-state index in [1.807, 2.05) is 86.0 Å². The molecule has 4 heterocycles. The first-order valence-corrected chi connectivity index (χ1v) is 17.5. The van der Waals surface area contributed by atoms with Gasteiger partial charge in [0.25, 0.3) is 0 Å². The standard InChI is InChI=1S/C36H43Cl2N7O4/c1-5-49-33-28(22-39-34(41-33)36(2,3)4)32-40-30(24-6-10-26(37)11-7-24)31(25-8-12-27(38)13-9-25)45(32)35(47)44-16-14-42(15-17-44)23-29(46)43-18-20-48-21-19-43/h6-13,22,30-31H,5,14-21,23H2,1-4H3/t30-,31+/m0/s1. The van der Waals surface area contributed by atoms with Crippen molar-refractivity contribution < 1.29 is 19.1 Å². The van der Waals surface area contributed by atoms with E-state index < -0.39 is 12.1 Å². The van der Waals surface area contributed by atoms with E-state index in [0.717, 1.165) is 11.1 Å². The van der Waals surface area contributed by atoms with E-state index in [1.165, 1.54) is 0 Å². The van der Waals surface area contributed by atoms with Crippen LogP contribution in [0.5, 0.6) is 5.88 Å². The molecule has 1 aromatic heterocycles. The predicted molar refractivity (Wildman–Crippen MR) is 189 cm³/mol. The molecular formula is C36H43Cl2N7O4. The highest BCUT2D eigenvalue weighted by Crippen LogP contribution is 2.45. The Morgan fingerprint density at radius 1 is 0.878 bits per heavy atom. The van der Waals surface area contributed by atoms with Crippen molar-refractivity contribution in [2.24, 2.45) is 4.99 Å². The van der Waals surface area contributed by atoms with E-state index >= 15 is 0 Å². The van der Waals surface area contributed by atoms with Gasteiger partial charge in [0, 0.05) is 60.9 Å². The molecule has 3 aromatic rings. The number of amidine groups is 1. The highest BCUT2D eigenvalue weighted by Gasteiger charge is 2.45. The lowest BCUT2D eigenvalue weighted by Crippen LogP contribution is -2.56. The summed E-state index contributed by atoms with van der Waals surface area (Å²) in [5.74, 6) is 1.52. The number of benzene rings is 2. The molecule has 0 spiro atoms. The summed E-state index contributed by atoms with van der Waals surface area (Å²) in [4.78, 5) is 50.2. The summed E-state index contributed by atoms with van der Waals surface area (Å²) in [6.45, 7) is 13.1. The monoisotopic (exact) mass is 707 g/mol. The third kappa shape index (κ3) is 7.85. The van der Waals surface area contributed by atoms with Crippen LogP contribution >= 0.6 is 23.2 Å². The van der Waals surface area contributed by atoms with Crippen molar-refractivity contribution in [1.82, 2.24) is 29.6 Å². The molecule has 2 atom stereocenters. The Bertz CT molecular complexity index is 1670. The number of halogens is 2. The van der Waals surface area contributed by atoms with Crippen LogP contribution in [0, 0.1) is 0 Å². The second-order valence-electron chi connectivity index (χ2n) is 13.4. The molecular weight excluding hydrogens is 665 g/mol. The lowest BCUT2D eigenvalue weighted by molar-refractivity contribution is -0.136. The van der Waals surface area contributed by atoms with Crippen LogP contribution in [0.1, 0.15) is 62.3 Å². The number of aromatic nitrogens is 2. The molecule has 260 valence electrons. The largest absolute Gasteiger partial charge is 0.477 e. The number of hydrogen-bond donors (Lipinski definition) is 0. The van der Waals surface area contributed by atoms with Gasteiger partial charge in [0.15, 0.2) is 0 Å². The first kappa shape index (κ1) is 35.1. The predicted octanol–water partition coefficient (Wildman–Crippen LogP) is 5.62. The number of urea groups is 1. The summed E-state index contributed by atoms with van der Waals surface area (Å²) in [6, 6.07) is 13.9. The van der Waals surface area contributed by atoms with Crippen molar-refractivity contribution in [3.63, 3.8) is 0 Å². The molecule has 0 radical (unpaired) electrons. The molecule has 11 nitrogen and oxygen atoms in total. The minimum Gasteiger partial charge on any atom is -0.477 e. The number of ether oxygens (including phenoxy) is 2. The Morgan fingerprint density at radius 2 is 1.49 bits per heavy atom. The van der Waals surface area contributed by atoms with Crippen molar-refractivity contribution in [1.29, 1.82) is 0 Å². The molecule has 6 rings (SSSR count). The van der Waals surface area contributed by atoms with Gasteiger partial charge in [-0.3, -0.25) is 19.6 Å². The van der Waals surface area contributed by atoms with Crippen molar-refractivity contribution in [2.45, 2.75) is 45.2 Å². The number of carbonyl (C=O) groups is 2. The molecule has 0 unspecified atom stereocenters. The molecule has 0 saturated carbocycles. The van der Waals surface area contributed by atoms with E-state index in [1.54, 1.807) is 11.1 Å². The van der Waals surface area contributed by atoms with Gasteiger partial charge in [0.2, 0.25) is 11.8 Å². The van der Waals surface area contributed by atoms with Crippen LogP contribution in [0.2, 0.25) is 10.0 Å². The summed E-state index contributed by atoms with van der Waals surface area (Å²) in [6.07, 6.45) is 1.72. The van der Waals surface area contributed by atoms with Gasteiger partial charge in [0.05, 0.1) is 38.0 Å². The van der Waals surface area contributed by atoms with Gasteiger partial charge in [0.1, 0.15) is 17.7 Å². The lowest BCUT2D eigenvalue weighted by Gasteiger charge is -2.39. The maximum atomic E-state index is 14.9. The fraction of sp³-hybridized carbons (Fsp3) is 0.472. The number of carbonyl (C=O) groups excluding carboxylic acids is 2. The van der Waals surface area contributed by atoms with Crippen LogP contribution in [0.3, 0.4) is 0 Å². The molecule has 3 aliphatic rings. The van der Waals surface area contributed by atoms with Crippen molar-refractivity contribution in [3.8, 4) is 5.88 Å². The average molecular weight is 709 g/mol. The smallest absolute Gasteiger partial charge is 0.326 e. The minimum atomic E-state index is -0.515. The summed E-state index contributed by atoms with van der Waals surface area (Å²) >= 11 is 12.6. The molecule has 2 aromatic carbocycles. The Morgan fingerprint density at radius 3 is 2.08 bits per heavy atom. The fourth-order valence-corrected chi connectivity index (χ4v) is 6.59. The maximum absolute atomic E-state index is 14.9. The summed E-state index contributed by atoms with van der Waals surface area (Å²) in [5.41, 5.74) is 1.98. The molecule has 0 bridgehead atoms. The third-order valence-corrected chi connectivity index (χ3v) is 9.51. The van der Waals surface area contributed by atoms with Crippen LogP contribution < -0.4 is 4.74 Å². The molecule has 3 amide bonds. The van der Waals surface area contributed by atoms with E-state index in [9.17, 15) is 9.59 Å². The normalized spacial score (nSPS) is 20.4. The topological polar surface area (TPSA) is 104 Å². The zero-order valence-electron chi connectivity index (χ0n) is 28.4. The Balaban J connectivity index is 1.37. The molecule has 49 heavy (non-hydrogen) atoms. The number of morpholine rings is 1. The number of rotatable bonds is 7. The summed E-state index contributed by atoms with van der Waals surface area (Å²) < 4.78 is 11.5. The van der Waals surface area contributed by atoms with Crippen LogP contribution in [0.15, 0.2) is 59.7 Å². The number of hydrogen-bond acceptors (Lipinski definition) is 8. The van der Waals surface area contributed by atoms with Crippen molar-refractivity contribution in [3.05, 3.63) is 87.3 Å². The van der Waals surface area contributed by atoms with Crippen molar-refractivity contribution >= 4 is 41.0 Å². The number of amides is 3. The second-order valence-corrected chi connectivity index (χ2v) is 14.3. The molecule has 2 fully saturated rings. The maximum Gasteiger partial charge on any atom is 0.326 e. The molecule has 0 aliphatic carbocycles. The van der Waals surface area contributed by atoms with Gasteiger partial charge in [-0.15, -0.1) is 0 Å². The van der Waals surface area contributed by atoms with E-state index in [-0.39, 0.29) is 17.4 Å².